The summed E-state index contributed by atoms with van der Waals surface area (Å²) in [5.41, 5.74) is 6.48. The molecule has 0 aliphatic heterocycles. The molecule has 0 fully saturated rings. The zero-order chi connectivity index (χ0) is 25.1. The second kappa shape index (κ2) is 13.0. The third-order valence-corrected chi connectivity index (χ3v) is 4.49. The second-order valence-electron chi connectivity index (χ2n) is 7.31. The van der Waals surface area contributed by atoms with Crippen molar-refractivity contribution in [3.8, 4) is 5.75 Å². The number of rotatable bonds is 13. The molecule has 0 aliphatic carbocycles. The van der Waals surface area contributed by atoms with Crippen molar-refractivity contribution >= 4 is 29.7 Å². The van der Waals surface area contributed by atoms with E-state index in [1.165, 1.54) is 19.1 Å². The van der Waals surface area contributed by atoms with Crippen molar-refractivity contribution in [2.45, 2.75) is 50.4 Å². The number of nitrogens with one attached hydrogen (secondary N) is 3. The summed E-state index contributed by atoms with van der Waals surface area (Å²) in [6.45, 7) is 0.615. The van der Waals surface area contributed by atoms with Gasteiger partial charge in [0.2, 0.25) is 17.7 Å². The van der Waals surface area contributed by atoms with Crippen molar-refractivity contribution in [1.82, 2.24) is 16.0 Å². The number of hydrogen-bond acceptors (Lipinski definition) is 8. The van der Waals surface area contributed by atoms with Crippen LogP contribution in [-0.2, 0) is 30.4 Å². The molecule has 4 atom stereocenters. The van der Waals surface area contributed by atoms with Crippen LogP contribution in [0.25, 0.3) is 0 Å². The van der Waals surface area contributed by atoms with E-state index < -0.39 is 73.3 Å². The molecule has 13 nitrogen and oxygen atoms in total. The van der Waals surface area contributed by atoms with Gasteiger partial charge in [0.15, 0.2) is 0 Å². The van der Waals surface area contributed by atoms with Crippen LogP contribution >= 0.6 is 0 Å². The minimum absolute atomic E-state index is 0.0571. The molecule has 0 saturated heterocycles. The normalized spacial score (nSPS) is 14.3. The number of carboxylic acids is 2. The van der Waals surface area contributed by atoms with Crippen molar-refractivity contribution in [2.24, 2.45) is 5.73 Å². The van der Waals surface area contributed by atoms with Crippen LogP contribution in [0.1, 0.15) is 25.3 Å². The van der Waals surface area contributed by atoms with Gasteiger partial charge in [-0.25, -0.2) is 4.79 Å². The molecule has 33 heavy (non-hydrogen) atoms. The fraction of sp³-hybridized carbons (Fsp3) is 0.450. The topological polar surface area (TPSA) is 228 Å². The quantitative estimate of drug-likeness (QED) is 0.154. The number of carbonyl (C=O) groups is 5. The maximum Gasteiger partial charge on any atom is 0.326 e. The molecule has 9 N–H and O–H groups in total. The summed E-state index contributed by atoms with van der Waals surface area (Å²) in [5, 5.41) is 43.4. The number of carbonyl (C=O) groups excluding carboxylic acids is 3. The van der Waals surface area contributed by atoms with Crippen molar-refractivity contribution in [2.75, 3.05) is 6.54 Å². The molecule has 0 radical (unpaired) electrons. The Morgan fingerprint density at radius 1 is 1.00 bits per heavy atom. The number of carboxylic acid groups (broad SMARTS) is 2. The molecule has 4 unspecified atom stereocenters. The van der Waals surface area contributed by atoms with Crippen LogP contribution in [0.2, 0.25) is 0 Å². The third-order valence-electron chi connectivity index (χ3n) is 4.49. The minimum atomic E-state index is -1.55. The molecule has 0 aromatic heterocycles. The fourth-order valence-corrected chi connectivity index (χ4v) is 2.69. The van der Waals surface area contributed by atoms with Gasteiger partial charge in [-0.1, -0.05) is 12.1 Å². The van der Waals surface area contributed by atoms with E-state index in [0.29, 0.717) is 5.56 Å². The Morgan fingerprint density at radius 3 is 2.12 bits per heavy atom. The standard InChI is InChI=1S/C20H28N4O9/c1-10(25)17(19(31)23-14(20(32)33)6-7-16(28)29)24-15(27)9-22-18(30)13(21)8-11-2-4-12(26)5-3-11/h2-5,10,13-14,17,25-26H,6-9,21H2,1H3,(H,22,30)(H,23,31)(H,24,27)(H,28,29)(H,32,33). The molecule has 0 bridgehead atoms. The third kappa shape index (κ3) is 9.97. The summed E-state index contributed by atoms with van der Waals surface area (Å²) in [7, 11) is 0. The Bertz CT molecular complexity index is 858. The van der Waals surface area contributed by atoms with Crippen molar-refractivity contribution in [3.05, 3.63) is 29.8 Å². The number of aliphatic hydroxyl groups is 1. The molecule has 13 heteroatoms. The highest BCUT2D eigenvalue weighted by molar-refractivity contribution is 5.93. The molecule has 0 spiro atoms. The van der Waals surface area contributed by atoms with Crippen LogP contribution in [0.5, 0.6) is 5.75 Å². The largest absolute Gasteiger partial charge is 0.508 e. The zero-order valence-corrected chi connectivity index (χ0v) is 17.9. The summed E-state index contributed by atoms with van der Waals surface area (Å²) in [6.07, 6.45) is -2.19. The van der Waals surface area contributed by atoms with Gasteiger partial charge in [0, 0.05) is 6.42 Å². The number of aromatic hydroxyl groups is 1. The first-order chi connectivity index (χ1) is 15.4. The maximum atomic E-state index is 12.3. The highest BCUT2D eigenvalue weighted by Gasteiger charge is 2.30. The monoisotopic (exact) mass is 468 g/mol. The second-order valence-corrected chi connectivity index (χ2v) is 7.31. The maximum absolute atomic E-state index is 12.3. The Labute approximate surface area is 189 Å². The van der Waals surface area contributed by atoms with Crippen LogP contribution in [0.15, 0.2) is 24.3 Å². The number of hydrogen-bond donors (Lipinski definition) is 8. The molecule has 1 rings (SSSR count). The molecule has 182 valence electrons. The average molecular weight is 468 g/mol. The first-order valence-electron chi connectivity index (χ1n) is 9.94. The van der Waals surface area contributed by atoms with E-state index in [1.54, 1.807) is 12.1 Å². The van der Waals surface area contributed by atoms with E-state index in [9.17, 15) is 34.2 Å². The number of benzene rings is 1. The Morgan fingerprint density at radius 2 is 1.61 bits per heavy atom. The predicted octanol–water partition coefficient (Wildman–Crippen LogP) is -2.32. The lowest BCUT2D eigenvalue weighted by molar-refractivity contribution is -0.144. The molecule has 0 aliphatic rings. The molecular weight excluding hydrogens is 440 g/mol. The molecule has 1 aromatic carbocycles. The molecule has 0 saturated carbocycles. The number of phenols is 1. The predicted molar refractivity (Wildman–Crippen MR) is 113 cm³/mol. The average Bonchev–Trinajstić information content (AvgIpc) is 2.73. The number of amides is 3. The van der Waals surface area contributed by atoms with E-state index in [-0.39, 0.29) is 12.2 Å². The lowest BCUT2D eigenvalue weighted by atomic mass is 10.1. The summed E-state index contributed by atoms with van der Waals surface area (Å²) >= 11 is 0. The van der Waals surface area contributed by atoms with Gasteiger partial charge in [-0.05, 0) is 37.5 Å². The van der Waals surface area contributed by atoms with E-state index in [2.05, 4.69) is 16.0 Å². The lowest BCUT2D eigenvalue weighted by Crippen LogP contribution is -2.57. The lowest BCUT2D eigenvalue weighted by Gasteiger charge is -2.23. The van der Waals surface area contributed by atoms with Gasteiger partial charge in [0.1, 0.15) is 17.8 Å². The minimum Gasteiger partial charge on any atom is -0.508 e. The molecule has 0 heterocycles. The highest BCUT2D eigenvalue weighted by Crippen LogP contribution is 2.10. The van der Waals surface area contributed by atoms with Gasteiger partial charge in [-0.3, -0.25) is 19.2 Å². The Hall–Kier alpha value is -3.71. The molecule has 1 aromatic rings. The molecular formula is C20H28N4O9. The van der Waals surface area contributed by atoms with Gasteiger partial charge < -0.3 is 42.1 Å². The van der Waals surface area contributed by atoms with Crippen molar-refractivity contribution < 1.29 is 44.4 Å². The zero-order valence-electron chi connectivity index (χ0n) is 17.9. The van der Waals surface area contributed by atoms with Crippen LogP contribution in [0.3, 0.4) is 0 Å². The summed E-state index contributed by atoms with van der Waals surface area (Å²) in [6, 6.07) is 1.96. The van der Waals surface area contributed by atoms with Gasteiger partial charge in [-0.2, -0.15) is 0 Å². The van der Waals surface area contributed by atoms with Gasteiger partial charge in [0.05, 0.1) is 18.7 Å². The number of phenolic OH excluding ortho intramolecular Hbond substituents is 1. The Balaban J connectivity index is 2.61. The smallest absolute Gasteiger partial charge is 0.326 e. The van der Waals surface area contributed by atoms with Gasteiger partial charge in [-0.15, -0.1) is 0 Å². The van der Waals surface area contributed by atoms with Crippen LogP contribution < -0.4 is 21.7 Å². The summed E-state index contributed by atoms with van der Waals surface area (Å²) in [4.78, 5) is 58.4. The van der Waals surface area contributed by atoms with E-state index in [4.69, 9.17) is 15.9 Å². The van der Waals surface area contributed by atoms with Crippen LogP contribution in [0, 0.1) is 0 Å². The van der Waals surface area contributed by atoms with Crippen LogP contribution in [-0.4, -0.2) is 80.9 Å². The number of aliphatic hydroxyl groups excluding tert-OH is 1. The molecule has 3 amide bonds. The number of aliphatic carboxylic acids is 2. The van der Waals surface area contributed by atoms with Gasteiger partial charge in [0.25, 0.3) is 0 Å². The number of nitrogens with two attached hydrogens (primary N) is 1. The van der Waals surface area contributed by atoms with Gasteiger partial charge >= 0.3 is 11.9 Å². The van der Waals surface area contributed by atoms with E-state index in [1.807, 2.05) is 0 Å². The highest BCUT2D eigenvalue weighted by atomic mass is 16.4. The summed E-state index contributed by atoms with van der Waals surface area (Å²) < 4.78 is 0. The van der Waals surface area contributed by atoms with Crippen LogP contribution in [0.4, 0.5) is 0 Å². The fourth-order valence-electron chi connectivity index (χ4n) is 2.69. The van der Waals surface area contributed by atoms with E-state index >= 15 is 0 Å². The SMILES string of the molecule is CC(O)C(NC(=O)CNC(=O)C(N)Cc1ccc(O)cc1)C(=O)NC(CCC(=O)O)C(=O)O. The van der Waals surface area contributed by atoms with E-state index in [0.717, 1.165) is 0 Å². The van der Waals surface area contributed by atoms with Crippen molar-refractivity contribution in [3.63, 3.8) is 0 Å². The van der Waals surface area contributed by atoms with Crippen molar-refractivity contribution in [1.29, 1.82) is 0 Å². The Kier molecular flexibility index (Phi) is 10.7. The first-order valence-corrected chi connectivity index (χ1v) is 9.94. The summed E-state index contributed by atoms with van der Waals surface area (Å²) in [5.74, 6) is -5.21. The first kappa shape index (κ1) is 27.3.